The molecule has 0 N–H and O–H groups in total. The molecule has 8 nitrogen and oxygen atoms in total. The molecule has 0 saturated carbocycles. The minimum absolute atomic E-state index is 0.0341. The number of piperazine rings is 1. The molecule has 3 aromatic rings. The highest BCUT2D eigenvalue weighted by molar-refractivity contribution is 5.88. The minimum Gasteiger partial charge on any atom is -0.395 e. The molecule has 3 atom stereocenters. The van der Waals surface area contributed by atoms with Crippen molar-refractivity contribution >= 4 is 16.7 Å². The molecule has 10 heteroatoms. The fourth-order valence-electron chi connectivity index (χ4n) is 5.35. The maximum absolute atomic E-state index is 13.5. The molecule has 196 valence electrons. The average molecular weight is 512 g/mol. The number of halogens is 2. The molecule has 1 saturated heterocycles. The normalized spacial score (nSPS) is 21.6. The fourth-order valence-corrected chi connectivity index (χ4v) is 5.35. The second-order valence-corrected chi connectivity index (χ2v) is 9.72. The zero-order valence-electron chi connectivity index (χ0n) is 21.7. The van der Waals surface area contributed by atoms with Crippen molar-refractivity contribution in [3.05, 3.63) is 46.4 Å². The molecule has 0 amide bonds. The largest absolute Gasteiger partial charge is 0.586 e. The van der Waals surface area contributed by atoms with E-state index in [4.69, 9.17) is 5.10 Å². The molecule has 0 bridgehead atoms. The quantitative estimate of drug-likeness (QED) is 0.480. The van der Waals surface area contributed by atoms with E-state index in [0.717, 1.165) is 35.2 Å². The SMILES string of the molecule is CC#CCn1cc2c(n1)c(N1C[C@@H](CC)N([C@@H](C)c3ccc4c(c3)OC(F)(F)O4)C[C@@H]1C)cc(=O)n2C. The number of ether oxygens (including phenoxy) is 2. The van der Waals surface area contributed by atoms with E-state index in [1.165, 1.54) is 0 Å². The molecule has 1 fully saturated rings. The van der Waals surface area contributed by atoms with Crippen molar-refractivity contribution < 1.29 is 18.3 Å². The van der Waals surface area contributed by atoms with Crippen LogP contribution in [0.25, 0.3) is 11.0 Å². The van der Waals surface area contributed by atoms with E-state index in [0.29, 0.717) is 13.1 Å². The number of hydrogen-bond donors (Lipinski definition) is 0. The molecule has 0 unspecified atom stereocenters. The van der Waals surface area contributed by atoms with Gasteiger partial charge >= 0.3 is 6.29 Å². The average Bonchev–Trinajstić information content (AvgIpc) is 3.43. The first-order valence-electron chi connectivity index (χ1n) is 12.5. The van der Waals surface area contributed by atoms with Crippen LogP contribution in [0.2, 0.25) is 0 Å². The Bertz CT molecular complexity index is 1450. The number of hydrogen-bond acceptors (Lipinski definition) is 6. The number of aromatic nitrogens is 3. The highest BCUT2D eigenvalue weighted by Crippen LogP contribution is 2.43. The van der Waals surface area contributed by atoms with Crippen LogP contribution in [0.3, 0.4) is 0 Å². The molecule has 2 aromatic heterocycles. The van der Waals surface area contributed by atoms with E-state index in [-0.39, 0.29) is 35.2 Å². The van der Waals surface area contributed by atoms with Gasteiger partial charge in [-0.1, -0.05) is 18.9 Å². The van der Waals surface area contributed by atoms with Crippen LogP contribution in [0, 0.1) is 11.8 Å². The minimum atomic E-state index is -3.63. The number of fused-ring (bicyclic) bond motifs is 2. The molecular weight excluding hydrogens is 480 g/mol. The number of benzene rings is 1. The van der Waals surface area contributed by atoms with Crippen molar-refractivity contribution in [3.63, 3.8) is 0 Å². The van der Waals surface area contributed by atoms with Crippen LogP contribution >= 0.6 is 0 Å². The molecule has 0 radical (unpaired) electrons. The summed E-state index contributed by atoms with van der Waals surface area (Å²) >= 11 is 0. The third kappa shape index (κ3) is 4.53. The zero-order chi connectivity index (χ0) is 26.5. The van der Waals surface area contributed by atoms with Crippen molar-refractivity contribution in [3.8, 4) is 23.3 Å². The van der Waals surface area contributed by atoms with Gasteiger partial charge in [0.05, 0.1) is 17.4 Å². The van der Waals surface area contributed by atoms with Gasteiger partial charge in [0.2, 0.25) is 0 Å². The topological polar surface area (TPSA) is 64.8 Å². The molecule has 2 aliphatic rings. The van der Waals surface area contributed by atoms with Crippen LogP contribution < -0.4 is 19.9 Å². The van der Waals surface area contributed by atoms with Crippen LogP contribution in [0.5, 0.6) is 11.5 Å². The van der Waals surface area contributed by atoms with E-state index in [2.05, 4.69) is 51.9 Å². The smallest absolute Gasteiger partial charge is 0.395 e. The first-order chi connectivity index (χ1) is 17.6. The van der Waals surface area contributed by atoms with Crippen molar-refractivity contribution in [1.29, 1.82) is 0 Å². The molecule has 37 heavy (non-hydrogen) atoms. The number of nitrogens with zero attached hydrogens (tertiary/aromatic N) is 5. The van der Waals surface area contributed by atoms with Gasteiger partial charge in [0.25, 0.3) is 5.56 Å². The van der Waals surface area contributed by atoms with Gasteiger partial charge in [0.1, 0.15) is 12.1 Å². The molecule has 0 aliphatic carbocycles. The standard InChI is InChI=1S/C27H31F2N5O3/c1-6-8-11-32-16-22-26(30-32)21(13-25(35)31(22)5)33-15-20(7-2)34(14-17(33)3)18(4)19-9-10-23-24(12-19)37-27(28,29)36-23/h9-10,12-13,16-18,20H,7,11,14-15H2,1-5H3/t17-,18-,20+/m0/s1. The van der Waals surface area contributed by atoms with Gasteiger partial charge in [-0.2, -0.15) is 5.10 Å². The Labute approximate surface area is 214 Å². The van der Waals surface area contributed by atoms with E-state index in [9.17, 15) is 13.6 Å². The number of rotatable bonds is 5. The van der Waals surface area contributed by atoms with E-state index < -0.39 is 6.29 Å². The number of alkyl halides is 2. The maximum Gasteiger partial charge on any atom is 0.586 e. The highest BCUT2D eigenvalue weighted by Gasteiger charge is 2.44. The lowest BCUT2D eigenvalue weighted by atomic mass is 9.98. The molecular formula is C27H31F2N5O3. The monoisotopic (exact) mass is 511 g/mol. The summed E-state index contributed by atoms with van der Waals surface area (Å²) in [6.45, 7) is 10.0. The van der Waals surface area contributed by atoms with E-state index >= 15 is 0 Å². The Morgan fingerprint density at radius 3 is 2.70 bits per heavy atom. The third-order valence-corrected chi connectivity index (χ3v) is 7.42. The van der Waals surface area contributed by atoms with Crippen molar-refractivity contribution in [2.45, 2.75) is 65.1 Å². The van der Waals surface area contributed by atoms with E-state index in [1.807, 2.05) is 12.3 Å². The Morgan fingerprint density at radius 1 is 1.22 bits per heavy atom. The first kappa shape index (κ1) is 25.1. The lowest BCUT2D eigenvalue weighted by molar-refractivity contribution is -0.286. The predicted octanol–water partition coefficient (Wildman–Crippen LogP) is 4.13. The summed E-state index contributed by atoms with van der Waals surface area (Å²) in [5, 5.41) is 4.77. The van der Waals surface area contributed by atoms with E-state index in [1.54, 1.807) is 41.4 Å². The molecule has 1 aromatic carbocycles. The Kier molecular flexibility index (Phi) is 6.36. The van der Waals surface area contributed by atoms with Crippen molar-refractivity contribution in [2.24, 2.45) is 7.05 Å². The number of anilines is 1. The fraction of sp³-hybridized carbons (Fsp3) is 0.481. The van der Waals surface area contributed by atoms with Crippen LogP contribution in [-0.4, -0.2) is 50.7 Å². The summed E-state index contributed by atoms with van der Waals surface area (Å²) in [6, 6.07) is 6.89. The first-order valence-corrected chi connectivity index (χ1v) is 12.5. The molecule has 5 rings (SSSR count). The molecule has 0 spiro atoms. The second kappa shape index (κ2) is 9.38. The highest BCUT2D eigenvalue weighted by atomic mass is 19.3. The lowest BCUT2D eigenvalue weighted by Crippen LogP contribution is -2.58. The summed E-state index contributed by atoms with van der Waals surface area (Å²) in [5.74, 6) is 6.01. The van der Waals surface area contributed by atoms with Crippen molar-refractivity contribution in [1.82, 2.24) is 19.2 Å². The van der Waals surface area contributed by atoms with Gasteiger partial charge in [0, 0.05) is 44.3 Å². The lowest BCUT2D eigenvalue weighted by Gasteiger charge is -2.48. The summed E-state index contributed by atoms with van der Waals surface area (Å²) in [7, 11) is 1.76. The third-order valence-electron chi connectivity index (χ3n) is 7.42. The van der Waals surface area contributed by atoms with Crippen LogP contribution in [-0.2, 0) is 13.6 Å². The summed E-state index contributed by atoms with van der Waals surface area (Å²) in [5.41, 5.74) is 3.17. The second-order valence-electron chi connectivity index (χ2n) is 9.72. The van der Waals surface area contributed by atoms with Gasteiger partial charge in [-0.3, -0.25) is 14.4 Å². The zero-order valence-corrected chi connectivity index (χ0v) is 21.7. The number of aryl methyl sites for hydroxylation is 1. The Hall–Kier alpha value is -3.58. The van der Waals surface area contributed by atoms with Gasteiger partial charge in [-0.25, -0.2) is 0 Å². The maximum atomic E-state index is 13.5. The Balaban J connectivity index is 1.44. The number of pyridine rings is 1. The van der Waals surface area contributed by atoms with Gasteiger partial charge in [-0.05, 0) is 44.9 Å². The summed E-state index contributed by atoms with van der Waals surface area (Å²) in [4.78, 5) is 17.5. The van der Waals surface area contributed by atoms with Crippen LogP contribution in [0.15, 0.2) is 35.3 Å². The predicted molar refractivity (Wildman–Crippen MR) is 137 cm³/mol. The van der Waals surface area contributed by atoms with Gasteiger partial charge < -0.3 is 18.9 Å². The van der Waals surface area contributed by atoms with Gasteiger partial charge in [0.15, 0.2) is 11.5 Å². The van der Waals surface area contributed by atoms with Crippen LogP contribution in [0.1, 0.15) is 45.7 Å². The molecule has 4 heterocycles. The van der Waals surface area contributed by atoms with Gasteiger partial charge in [-0.15, -0.1) is 14.7 Å². The van der Waals surface area contributed by atoms with Crippen LogP contribution in [0.4, 0.5) is 14.5 Å². The summed E-state index contributed by atoms with van der Waals surface area (Å²) in [6.07, 6.45) is -0.886. The summed E-state index contributed by atoms with van der Waals surface area (Å²) < 4.78 is 39.7. The molecule has 2 aliphatic heterocycles. The van der Waals surface area contributed by atoms with Crippen molar-refractivity contribution in [2.75, 3.05) is 18.0 Å². The Morgan fingerprint density at radius 2 is 1.97 bits per heavy atom.